The van der Waals surface area contributed by atoms with Crippen molar-refractivity contribution in [2.75, 3.05) is 17.2 Å². The average molecular weight is 281 g/mol. The van der Waals surface area contributed by atoms with Crippen LogP contribution < -0.4 is 10.6 Å². The zero-order valence-electron chi connectivity index (χ0n) is 11.0. The highest BCUT2D eigenvalue weighted by Crippen LogP contribution is 2.34. The molecule has 4 heteroatoms. The van der Waals surface area contributed by atoms with Crippen LogP contribution in [-0.4, -0.2) is 11.5 Å². The lowest BCUT2D eigenvalue weighted by Crippen LogP contribution is -2.19. The maximum atomic E-state index is 6.05. The normalized spacial score (nSPS) is 13.9. The fourth-order valence-corrected chi connectivity index (χ4v) is 3.83. The average Bonchev–Trinajstić information content (AvgIpc) is 3.04. The van der Waals surface area contributed by atoms with E-state index >= 15 is 0 Å². The molecular formula is C16H15N3S. The van der Waals surface area contributed by atoms with Crippen LogP contribution in [0.2, 0.25) is 0 Å². The number of hydrogen-bond acceptors (Lipinski definition) is 4. The van der Waals surface area contributed by atoms with Gasteiger partial charge >= 0.3 is 0 Å². The van der Waals surface area contributed by atoms with E-state index in [1.807, 2.05) is 18.2 Å². The number of thiazole rings is 1. The number of nitrogens with two attached hydrogens (primary N) is 1. The van der Waals surface area contributed by atoms with Gasteiger partial charge in [-0.1, -0.05) is 18.2 Å². The number of para-hydroxylation sites is 1. The Morgan fingerprint density at radius 1 is 1.15 bits per heavy atom. The van der Waals surface area contributed by atoms with Crippen LogP contribution in [0, 0.1) is 0 Å². The molecule has 1 aliphatic heterocycles. The molecule has 0 fully saturated rings. The van der Waals surface area contributed by atoms with Crippen LogP contribution in [0.3, 0.4) is 0 Å². The SMILES string of the molecule is Nc1cccc2c1CCN2Cc1nc2ccccc2s1. The summed E-state index contributed by atoms with van der Waals surface area (Å²) in [6.07, 6.45) is 1.03. The molecule has 0 spiro atoms. The molecule has 3 aromatic rings. The highest BCUT2D eigenvalue weighted by molar-refractivity contribution is 7.18. The maximum Gasteiger partial charge on any atom is 0.113 e. The lowest BCUT2D eigenvalue weighted by molar-refractivity contribution is 0.832. The molecule has 0 saturated heterocycles. The predicted octanol–water partition coefficient (Wildman–Crippen LogP) is 3.44. The quantitative estimate of drug-likeness (QED) is 0.732. The van der Waals surface area contributed by atoms with E-state index in [2.05, 4.69) is 29.2 Å². The van der Waals surface area contributed by atoms with Crippen molar-refractivity contribution in [2.24, 2.45) is 0 Å². The summed E-state index contributed by atoms with van der Waals surface area (Å²) in [6, 6.07) is 14.5. The first-order valence-electron chi connectivity index (χ1n) is 6.78. The number of hydrogen-bond donors (Lipinski definition) is 1. The largest absolute Gasteiger partial charge is 0.398 e. The molecule has 4 rings (SSSR count). The van der Waals surface area contributed by atoms with Crippen molar-refractivity contribution in [1.29, 1.82) is 0 Å². The third-order valence-electron chi connectivity index (χ3n) is 3.82. The molecule has 100 valence electrons. The van der Waals surface area contributed by atoms with E-state index in [0.29, 0.717) is 0 Å². The second-order valence-corrected chi connectivity index (χ2v) is 6.21. The van der Waals surface area contributed by atoms with Gasteiger partial charge in [0.25, 0.3) is 0 Å². The highest BCUT2D eigenvalue weighted by atomic mass is 32.1. The summed E-state index contributed by atoms with van der Waals surface area (Å²) >= 11 is 1.78. The van der Waals surface area contributed by atoms with Gasteiger partial charge in [-0.2, -0.15) is 0 Å². The van der Waals surface area contributed by atoms with Crippen molar-refractivity contribution >= 4 is 32.9 Å². The molecule has 2 aromatic carbocycles. The maximum absolute atomic E-state index is 6.05. The number of aromatic nitrogens is 1. The van der Waals surface area contributed by atoms with Crippen LogP contribution in [0.15, 0.2) is 42.5 Å². The number of benzene rings is 2. The van der Waals surface area contributed by atoms with Crippen molar-refractivity contribution in [3.05, 3.63) is 53.0 Å². The second kappa shape index (κ2) is 4.49. The van der Waals surface area contributed by atoms with E-state index in [9.17, 15) is 0 Å². The lowest BCUT2D eigenvalue weighted by Gasteiger charge is -2.17. The molecule has 0 radical (unpaired) electrons. The van der Waals surface area contributed by atoms with E-state index in [0.717, 1.165) is 30.7 Å². The van der Waals surface area contributed by atoms with E-state index in [1.165, 1.54) is 21.0 Å². The summed E-state index contributed by atoms with van der Waals surface area (Å²) in [5.41, 5.74) is 10.6. The third kappa shape index (κ3) is 1.84. The molecular weight excluding hydrogens is 266 g/mol. The predicted molar refractivity (Wildman–Crippen MR) is 85.2 cm³/mol. The molecule has 20 heavy (non-hydrogen) atoms. The second-order valence-electron chi connectivity index (χ2n) is 5.09. The van der Waals surface area contributed by atoms with Gasteiger partial charge in [0.05, 0.1) is 16.8 Å². The first-order chi connectivity index (χ1) is 9.81. The molecule has 1 aliphatic rings. The summed E-state index contributed by atoms with van der Waals surface area (Å²) in [5.74, 6) is 0. The van der Waals surface area contributed by atoms with E-state index in [-0.39, 0.29) is 0 Å². The van der Waals surface area contributed by atoms with Gasteiger partial charge in [0.2, 0.25) is 0 Å². The summed E-state index contributed by atoms with van der Waals surface area (Å²) < 4.78 is 1.26. The minimum Gasteiger partial charge on any atom is -0.398 e. The molecule has 0 saturated carbocycles. The first kappa shape index (κ1) is 11.7. The molecule has 0 amide bonds. The Labute approximate surface area is 121 Å². The standard InChI is InChI=1S/C16H15N3S/c17-12-4-3-6-14-11(12)8-9-19(14)10-16-18-13-5-1-2-7-15(13)20-16/h1-7H,8-10,17H2. The number of anilines is 2. The first-order valence-corrected chi connectivity index (χ1v) is 7.60. The van der Waals surface area contributed by atoms with Crippen LogP contribution >= 0.6 is 11.3 Å². The Bertz CT molecular complexity index is 745. The van der Waals surface area contributed by atoms with Crippen LogP contribution in [0.4, 0.5) is 11.4 Å². The van der Waals surface area contributed by atoms with Crippen molar-refractivity contribution in [1.82, 2.24) is 4.98 Å². The zero-order valence-corrected chi connectivity index (χ0v) is 11.9. The number of nitrogens with zero attached hydrogens (tertiary/aromatic N) is 2. The van der Waals surface area contributed by atoms with E-state index in [1.54, 1.807) is 11.3 Å². The zero-order chi connectivity index (χ0) is 13.5. The fourth-order valence-electron chi connectivity index (χ4n) is 2.84. The van der Waals surface area contributed by atoms with Crippen LogP contribution in [0.25, 0.3) is 10.2 Å². The molecule has 2 heterocycles. The van der Waals surface area contributed by atoms with Crippen LogP contribution in [-0.2, 0) is 13.0 Å². The van der Waals surface area contributed by atoms with E-state index < -0.39 is 0 Å². The number of nitrogen functional groups attached to an aromatic ring is 1. The molecule has 0 bridgehead atoms. The molecule has 3 nitrogen and oxygen atoms in total. The monoisotopic (exact) mass is 281 g/mol. The number of fused-ring (bicyclic) bond motifs is 2. The summed E-state index contributed by atoms with van der Waals surface area (Å²) in [6.45, 7) is 1.90. The Kier molecular flexibility index (Phi) is 2.63. The molecule has 0 aliphatic carbocycles. The van der Waals surface area contributed by atoms with Gasteiger partial charge in [-0.3, -0.25) is 0 Å². The Morgan fingerprint density at radius 2 is 2.05 bits per heavy atom. The van der Waals surface area contributed by atoms with Crippen LogP contribution in [0.1, 0.15) is 10.6 Å². The third-order valence-corrected chi connectivity index (χ3v) is 4.85. The Morgan fingerprint density at radius 3 is 2.95 bits per heavy atom. The lowest BCUT2D eigenvalue weighted by atomic mass is 10.1. The molecule has 1 aromatic heterocycles. The van der Waals surface area contributed by atoms with Crippen LogP contribution in [0.5, 0.6) is 0 Å². The Balaban J connectivity index is 1.66. The van der Waals surface area contributed by atoms with Gasteiger partial charge in [-0.05, 0) is 30.7 Å². The molecule has 0 unspecified atom stereocenters. The minimum atomic E-state index is 0.871. The van der Waals surface area contributed by atoms with Gasteiger partial charge in [0, 0.05) is 23.5 Å². The van der Waals surface area contributed by atoms with E-state index in [4.69, 9.17) is 10.7 Å². The topological polar surface area (TPSA) is 42.1 Å². The van der Waals surface area contributed by atoms with Crippen molar-refractivity contribution in [3.8, 4) is 0 Å². The van der Waals surface area contributed by atoms with Gasteiger partial charge in [-0.25, -0.2) is 4.98 Å². The fraction of sp³-hybridized carbons (Fsp3) is 0.188. The summed E-state index contributed by atoms with van der Waals surface area (Å²) in [5, 5.41) is 1.17. The minimum absolute atomic E-state index is 0.871. The number of rotatable bonds is 2. The molecule has 0 atom stereocenters. The highest BCUT2D eigenvalue weighted by Gasteiger charge is 2.21. The van der Waals surface area contributed by atoms with Crippen molar-refractivity contribution in [3.63, 3.8) is 0 Å². The van der Waals surface area contributed by atoms with Crippen molar-refractivity contribution < 1.29 is 0 Å². The smallest absolute Gasteiger partial charge is 0.113 e. The van der Waals surface area contributed by atoms with Gasteiger partial charge < -0.3 is 10.6 Å². The van der Waals surface area contributed by atoms with Gasteiger partial charge in [-0.15, -0.1) is 11.3 Å². The van der Waals surface area contributed by atoms with Gasteiger partial charge in [0.15, 0.2) is 0 Å². The summed E-state index contributed by atoms with van der Waals surface area (Å²) in [7, 11) is 0. The summed E-state index contributed by atoms with van der Waals surface area (Å²) in [4.78, 5) is 7.10. The molecule has 2 N–H and O–H groups in total. The van der Waals surface area contributed by atoms with Crippen molar-refractivity contribution in [2.45, 2.75) is 13.0 Å². The van der Waals surface area contributed by atoms with Gasteiger partial charge in [0.1, 0.15) is 5.01 Å². The Hall–Kier alpha value is -2.07.